The summed E-state index contributed by atoms with van der Waals surface area (Å²) < 4.78 is 6.71. The number of hydrogen-bond donors (Lipinski definition) is 2. The van der Waals surface area contributed by atoms with Crippen molar-refractivity contribution in [3.05, 3.63) is 60.2 Å². The van der Waals surface area contributed by atoms with Crippen LogP contribution in [0.15, 0.2) is 64.9 Å². The van der Waals surface area contributed by atoms with E-state index in [0.29, 0.717) is 16.5 Å². The second-order valence-corrected chi connectivity index (χ2v) is 6.45. The van der Waals surface area contributed by atoms with Gasteiger partial charge in [0, 0.05) is 5.56 Å². The number of nitrogens with one attached hydrogen (secondary N) is 1. The molecular formula is C18H16N6O4S. The molecule has 10 nitrogen and oxygen atoms in total. The van der Waals surface area contributed by atoms with Crippen molar-refractivity contribution in [2.24, 2.45) is 5.10 Å². The van der Waals surface area contributed by atoms with E-state index in [1.54, 1.807) is 24.3 Å². The molecule has 0 bridgehead atoms. The van der Waals surface area contributed by atoms with Crippen LogP contribution in [0.4, 0.5) is 0 Å². The van der Waals surface area contributed by atoms with E-state index >= 15 is 0 Å². The molecule has 0 radical (unpaired) electrons. The van der Waals surface area contributed by atoms with Crippen molar-refractivity contribution in [3.8, 4) is 11.4 Å². The van der Waals surface area contributed by atoms with Crippen LogP contribution < -0.4 is 10.2 Å². The summed E-state index contributed by atoms with van der Waals surface area (Å²) in [6.07, 6.45) is 1.38. The van der Waals surface area contributed by atoms with Gasteiger partial charge in [0.1, 0.15) is 5.75 Å². The zero-order valence-corrected chi connectivity index (χ0v) is 15.8. The lowest BCUT2D eigenvalue weighted by Crippen LogP contribution is -2.20. The highest BCUT2D eigenvalue weighted by Gasteiger charge is 2.11. The standard InChI is InChI=1S/C18H16N6O4S/c25-16(12-29-18-21-22-23-24(18)14-7-2-1-3-8-14)20-19-10-13-6-4-5-9-15(13)28-11-17(26)27/h1-10H,11-12H2,(H,20,25)(H,26,27)/b19-10-. The number of hydrogen-bond acceptors (Lipinski definition) is 8. The summed E-state index contributed by atoms with van der Waals surface area (Å²) in [5, 5.41) is 24.6. The first-order valence-corrected chi connectivity index (χ1v) is 9.34. The molecule has 1 aromatic heterocycles. The van der Waals surface area contributed by atoms with E-state index < -0.39 is 12.6 Å². The minimum atomic E-state index is -1.08. The third kappa shape index (κ3) is 5.87. The molecule has 11 heteroatoms. The highest BCUT2D eigenvalue weighted by atomic mass is 32.2. The van der Waals surface area contributed by atoms with E-state index in [-0.39, 0.29) is 11.7 Å². The van der Waals surface area contributed by atoms with Gasteiger partial charge in [-0.05, 0) is 34.7 Å². The van der Waals surface area contributed by atoms with Gasteiger partial charge < -0.3 is 9.84 Å². The molecular weight excluding hydrogens is 396 g/mol. The molecule has 0 aliphatic heterocycles. The predicted molar refractivity (Wildman–Crippen MR) is 105 cm³/mol. The largest absolute Gasteiger partial charge is 0.481 e. The van der Waals surface area contributed by atoms with E-state index in [4.69, 9.17) is 9.84 Å². The number of carboxylic acids is 1. The minimum absolute atomic E-state index is 0.0572. The molecule has 2 N–H and O–H groups in total. The van der Waals surface area contributed by atoms with Crippen LogP contribution in [0.1, 0.15) is 5.56 Å². The summed E-state index contributed by atoms with van der Waals surface area (Å²) in [5.41, 5.74) is 3.73. The number of aliphatic carboxylic acids is 1. The van der Waals surface area contributed by atoms with Crippen molar-refractivity contribution in [1.82, 2.24) is 25.6 Å². The molecule has 0 aliphatic carbocycles. The summed E-state index contributed by atoms with van der Waals surface area (Å²) >= 11 is 1.17. The number of amides is 1. The molecule has 3 rings (SSSR count). The lowest BCUT2D eigenvalue weighted by Gasteiger charge is -2.06. The van der Waals surface area contributed by atoms with Crippen molar-refractivity contribution < 1.29 is 19.4 Å². The van der Waals surface area contributed by atoms with Crippen molar-refractivity contribution in [1.29, 1.82) is 0 Å². The van der Waals surface area contributed by atoms with Crippen LogP contribution >= 0.6 is 11.8 Å². The highest BCUT2D eigenvalue weighted by molar-refractivity contribution is 7.99. The number of hydrazone groups is 1. The van der Waals surface area contributed by atoms with E-state index in [9.17, 15) is 9.59 Å². The molecule has 0 atom stereocenters. The SMILES string of the molecule is O=C(O)COc1ccccc1/C=N\NC(=O)CSc1nnnn1-c1ccccc1. The summed E-state index contributed by atoms with van der Waals surface area (Å²) in [7, 11) is 0. The molecule has 3 aromatic rings. The van der Waals surface area contributed by atoms with Gasteiger partial charge in [-0.2, -0.15) is 9.78 Å². The smallest absolute Gasteiger partial charge is 0.341 e. The Hall–Kier alpha value is -3.73. The number of carboxylic acid groups (broad SMARTS) is 1. The quantitative estimate of drug-likeness (QED) is 0.306. The number of carbonyl (C=O) groups is 2. The average molecular weight is 412 g/mol. The Kier molecular flexibility index (Phi) is 6.90. The van der Waals surface area contributed by atoms with Gasteiger partial charge in [0.15, 0.2) is 6.61 Å². The Labute approximate surface area is 169 Å². The van der Waals surface area contributed by atoms with Crippen molar-refractivity contribution in [2.75, 3.05) is 12.4 Å². The Balaban J connectivity index is 1.54. The molecule has 148 valence electrons. The lowest BCUT2D eigenvalue weighted by atomic mass is 10.2. The number of carbonyl (C=O) groups excluding carboxylic acids is 1. The predicted octanol–water partition coefficient (Wildman–Crippen LogP) is 1.37. The van der Waals surface area contributed by atoms with Gasteiger partial charge in [-0.3, -0.25) is 4.79 Å². The molecule has 0 aliphatic rings. The van der Waals surface area contributed by atoms with Crippen molar-refractivity contribution in [2.45, 2.75) is 5.16 Å². The number of tetrazole rings is 1. The number of nitrogens with zero attached hydrogens (tertiary/aromatic N) is 5. The molecule has 0 spiro atoms. The lowest BCUT2D eigenvalue weighted by molar-refractivity contribution is -0.139. The Bertz CT molecular complexity index is 1010. The van der Waals surface area contributed by atoms with Gasteiger partial charge in [0.25, 0.3) is 5.91 Å². The number of thioether (sulfide) groups is 1. The first-order chi connectivity index (χ1) is 14.1. The average Bonchev–Trinajstić information content (AvgIpc) is 3.21. The number of aromatic nitrogens is 4. The number of rotatable bonds is 9. The Morgan fingerprint density at radius 1 is 1.17 bits per heavy atom. The summed E-state index contributed by atoms with van der Waals surface area (Å²) in [4.78, 5) is 22.7. The maximum Gasteiger partial charge on any atom is 0.341 e. The number of ether oxygens (including phenoxy) is 1. The Morgan fingerprint density at radius 2 is 1.93 bits per heavy atom. The molecule has 1 amide bonds. The minimum Gasteiger partial charge on any atom is -0.481 e. The van der Waals surface area contributed by atoms with Crippen LogP contribution in [0.25, 0.3) is 5.69 Å². The highest BCUT2D eigenvalue weighted by Crippen LogP contribution is 2.18. The molecule has 2 aromatic carbocycles. The van der Waals surface area contributed by atoms with Crippen LogP contribution in [0.2, 0.25) is 0 Å². The molecule has 0 saturated carbocycles. The Morgan fingerprint density at radius 3 is 2.72 bits per heavy atom. The molecule has 0 saturated heterocycles. The van der Waals surface area contributed by atoms with Crippen molar-refractivity contribution in [3.63, 3.8) is 0 Å². The van der Waals surface area contributed by atoms with Crippen LogP contribution in [-0.4, -0.2) is 55.8 Å². The fourth-order valence-electron chi connectivity index (χ4n) is 2.19. The maximum absolute atomic E-state index is 12.0. The molecule has 29 heavy (non-hydrogen) atoms. The van der Waals surface area contributed by atoms with Gasteiger partial charge in [0.2, 0.25) is 5.16 Å². The number of benzene rings is 2. The third-order valence-corrected chi connectivity index (χ3v) is 4.36. The van der Waals surface area contributed by atoms with Crippen LogP contribution in [0.5, 0.6) is 5.75 Å². The molecule has 0 fully saturated rings. The van der Waals surface area contributed by atoms with Crippen LogP contribution in [-0.2, 0) is 9.59 Å². The van der Waals surface area contributed by atoms with Gasteiger partial charge in [0.05, 0.1) is 17.7 Å². The second kappa shape index (κ2) is 9.99. The molecule has 1 heterocycles. The fraction of sp³-hybridized carbons (Fsp3) is 0.111. The number of para-hydroxylation sites is 2. The van der Waals surface area contributed by atoms with E-state index in [0.717, 1.165) is 5.69 Å². The zero-order chi connectivity index (χ0) is 20.5. The topological polar surface area (TPSA) is 132 Å². The normalized spacial score (nSPS) is 10.8. The maximum atomic E-state index is 12.0. The zero-order valence-electron chi connectivity index (χ0n) is 15.0. The van der Waals surface area contributed by atoms with Gasteiger partial charge in [-0.15, -0.1) is 5.10 Å². The van der Waals surface area contributed by atoms with Gasteiger partial charge >= 0.3 is 5.97 Å². The molecule has 0 unspecified atom stereocenters. The first-order valence-electron chi connectivity index (χ1n) is 8.35. The summed E-state index contributed by atoms with van der Waals surface area (Å²) in [5.74, 6) is -1.02. The monoisotopic (exact) mass is 412 g/mol. The fourth-order valence-corrected chi connectivity index (χ4v) is 2.88. The summed E-state index contributed by atoms with van der Waals surface area (Å²) in [6, 6.07) is 16.1. The first kappa shape index (κ1) is 20.0. The van der Waals surface area contributed by atoms with Gasteiger partial charge in [-0.1, -0.05) is 42.1 Å². The van der Waals surface area contributed by atoms with Gasteiger partial charge in [-0.25, -0.2) is 10.2 Å². The second-order valence-electron chi connectivity index (χ2n) is 5.51. The van der Waals surface area contributed by atoms with E-state index in [1.165, 1.54) is 22.7 Å². The van der Waals surface area contributed by atoms with E-state index in [1.807, 2.05) is 30.3 Å². The van der Waals surface area contributed by atoms with Crippen molar-refractivity contribution >= 4 is 29.9 Å². The van der Waals surface area contributed by atoms with E-state index in [2.05, 4.69) is 26.1 Å². The third-order valence-electron chi connectivity index (χ3n) is 3.44. The van der Waals surface area contributed by atoms with Crippen LogP contribution in [0, 0.1) is 0 Å². The van der Waals surface area contributed by atoms with Crippen LogP contribution in [0.3, 0.4) is 0 Å². The summed E-state index contributed by atoms with van der Waals surface area (Å²) in [6.45, 7) is -0.468.